The highest BCUT2D eigenvalue weighted by molar-refractivity contribution is 5.92. The monoisotopic (exact) mass is 701 g/mol. The van der Waals surface area contributed by atoms with E-state index in [4.69, 9.17) is 14.2 Å². The van der Waals surface area contributed by atoms with E-state index in [9.17, 15) is 9.90 Å². The smallest absolute Gasteiger partial charge is 0.339 e. The molecule has 10 nitrogen and oxygen atoms in total. The standard InChI is InChI=1S/C42H47N5O5/c1-27(2)33-7-5-6-8-34(33)36-24-45(23-28-9-12-37(50-3)39(17-28)51-4)15-16-47(36)31-20-42(21-31)25-46(26-42)30-10-11-35(41(48)49)38(19-30)52-32-18-29-13-14-43-40(29)44-22-32/h5-14,17-19,22,27,31,36H,15-16,20-21,23-26H2,1-4H3,(H,43,44)(H,48,49). The highest BCUT2D eigenvalue weighted by Crippen LogP contribution is 2.53. The lowest BCUT2D eigenvalue weighted by Gasteiger charge is -2.63. The molecule has 52 heavy (non-hydrogen) atoms. The van der Waals surface area contributed by atoms with Crippen molar-refractivity contribution in [3.8, 4) is 23.0 Å². The number of hydrogen-bond acceptors (Lipinski definition) is 8. The van der Waals surface area contributed by atoms with Crippen molar-refractivity contribution in [2.24, 2.45) is 5.41 Å². The van der Waals surface area contributed by atoms with Crippen LogP contribution in [0.2, 0.25) is 0 Å². The Labute approximate surface area is 304 Å². The quantitative estimate of drug-likeness (QED) is 0.143. The Morgan fingerprint density at radius 2 is 1.77 bits per heavy atom. The summed E-state index contributed by atoms with van der Waals surface area (Å²) in [4.78, 5) is 27.3. The van der Waals surface area contributed by atoms with Crippen LogP contribution in [0.4, 0.5) is 5.69 Å². The van der Waals surface area contributed by atoms with Crippen LogP contribution in [0, 0.1) is 5.41 Å². The van der Waals surface area contributed by atoms with E-state index in [0.29, 0.717) is 29.5 Å². The van der Waals surface area contributed by atoms with Crippen LogP contribution in [0.3, 0.4) is 0 Å². The number of ether oxygens (including phenoxy) is 3. The highest BCUT2D eigenvalue weighted by Gasteiger charge is 2.55. The Morgan fingerprint density at radius 3 is 2.54 bits per heavy atom. The van der Waals surface area contributed by atoms with Crippen LogP contribution in [-0.4, -0.2) is 83.8 Å². The van der Waals surface area contributed by atoms with E-state index in [2.05, 4.69) is 74.9 Å². The lowest BCUT2D eigenvalue weighted by atomic mass is 9.59. The first-order valence-electron chi connectivity index (χ1n) is 18.2. The molecule has 1 atom stereocenters. The lowest BCUT2D eigenvalue weighted by molar-refractivity contribution is -0.0647. The predicted molar refractivity (Wildman–Crippen MR) is 202 cm³/mol. The minimum Gasteiger partial charge on any atom is -0.493 e. The molecule has 1 aliphatic carbocycles. The van der Waals surface area contributed by atoms with Gasteiger partial charge in [0, 0.05) is 80.1 Å². The van der Waals surface area contributed by atoms with E-state index in [-0.39, 0.29) is 11.0 Å². The molecule has 0 radical (unpaired) electrons. The third kappa shape index (κ3) is 6.45. The molecule has 2 N–H and O–H groups in total. The highest BCUT2D eigenvalue weighted by atomic mass is 16.5. The first-order chi connectivity index (χ1) is 25.2. The Kier molecular flexibility index (Phi) is 9.05. The molecule has 270 valence electrons. The summed E-state index contributed by atoms with van der Waals surface area (Å²) < 4.78 is 17.2. The molecular weight excluding hydrogens is 654 g/mol. The number of carboxylic acid groups (broad SMARTS) is 1. The molecule has 1 spiro atoms. The van der Waals surface area contributed by atoms with Crippen molar-refractivity contribution in [3.63, 3.8) is 0 Å². The largest absolute Gasteiger partial charge is 0.493 e. The van der Waals surface area contributed by atoms with Gasteiger partial charge in [-0.15, -0.1) is 0 Å². The van der Waals surface area contributed by atoms with Crippen LogP contribution >= 0.6 is 0 Å². The number of aromatic carboxylic acids is 1. The summed E-state index contributed by atoms with van der Waals surface area (Å²) in [6.45, 7) is 10.4. The van der Waals surface area contributed by atoms with Crippen LogP contribution in [0.1, 0.15) is 65.7 Å². The maximum atomic E-state index is 12.1. The number of aromatic amines is 1. The predicted octanol–water partition coefficient (Wildman–Crippen LogP) is 7.72. The molecule has 0 amide bonds. The molecule has 1 unspecified atom stereocenters. The van der Waals surface area contributed by atoms with Crippen LogP contribution < -0.4 is 19.1 Å². The SMILES string of the molecule is COc1ccc(CN2CCN(C3CC4(C3)CN(c3ccc(C(=O)O)c(Oc5cnc6[nH]ccc6c5)c3)C4)C(c3ccccc3C(C)C)C2)cc1OC. The van der Waals surface area contributed by atoms with Gasteiger partial charge in [0.2, 0.25) is 0 Å². The Balaban J connectivity index is 0.963. The van der Waals surface area contributed by atoms with Crippen molar-refractivity contribution in [2.75, 3.05) is 51.8 Å². The summed E-state index contributed by atoms with van der Waals surface area (Å²) in [7, 11) is 3.37. The van der Waals surface area contributed by atoms with Gasteiger partial charge in [0.1, 0.15) is 22.7 Å². The molecule has 3 aliphatic rings. The number of methoxy groups -OCH3 is 2. The van der Waals surface area contributed by atoms with Crippen molar-refractivity contribution < 1.29 is 24.1 Å². The van der Waals surface area contributed by atoms with E-state index in [0.717, 1.165) is 67.5 Å². The second-order valence-corrected chi connectivity index (χ2v) is 15.1. The minimum atomic E-state index is -1.02. The first kappa shape index (κ1) is 34.0. The maximum absolute atomic E-state index is 12.1. The molecule has 0 bridgehead atoms. The van der Waals surface area contributed by atoms with E-state index in [1.807, 2.05) is 36.5 Å². The Morgan fingerprint density at radius 1 is 0.962 bits per heavy atom. The maximum Gasteiger partial charge on any atom is 0.339 e. The zero-order chi connectivity index (χ0) is 36.0. The number of rotatable bonds is 11. The number of carbonyl (C=O) groups is 1. The van der Waals surface area contributed by atoms with Gasteiger partial charge in [-0.2, -0.15) is 0 Å². The van der Waals surface area contributed by atoms with Crippen molar-refractivity contribution in [1.82, 2.24) is 19.8 Å². The number of hydrogen-bond donors (Lipinski definition) is 2. The summed E-state index contributed by atoms with van der Waals surface area (Å²) in [5.74, 6) is 1.78. The summed E-state index contributed by atoms with van der Waals surface area (Å²) in [6.07, 6.45) is 5.77. The molecule has 3 aromatic carbocycles. The third-order valence-electron chi connectivity index (χ3n) is 11.4. The van der Waals surface area contributed by atoms with Gasteiger partial charge in [0.15, 0.2) is 11.5 Å². The van der Waals surface area contributed by atoms with Gasteiger partial charge >= 0.3 is 5.97 Å². The van der Waals surface area contributed by atoms with Gasteiger partial charge in [-0.05, 0) is 71.8 Å². The number of nitrogens with zero attached hydrogens (tertiary/aromatic N) is 4. The summed E-state index contributed by atoms with van der Waals surface area (Å²) in [5.41, 5.74) is 6.26. The lowest BCUT2D eigenvalue weighted by Crippen LogP contribution is -2.68. The molecule has 3 fully saturated rings. The molecule has 10 heteroatoms. The second-order valence-electron chi connectivity index (χ2n) is 15.1. The number of carboxylic acids is 1. The van der Waals surface area contributed by atoms with Crippen molar-refractivity contribution >= 4 is 22.7 Å². The average Bonchev–Trinajstić information content (AvgIpc) is 3.59. The Bertz CT molecular complexity index is 2080. The molecule has 8 rings (SSSR count). The average molecular weight is 702 g/mol. The third-order valence-corrected chi connectivity index (χ3v) is 11.4. The molecule has 4 heterocycles. The fourth-order valence-electron chi connectivity index (χ4n) is 8.74. The van der Waals surface area contributed by atoms with Crippen LogP contribution in [0.15, 0.2) is 85.2 Å². The van der Waals surface area contributed by atoms with Crippen molar-refractivity contribution in [1.29, 1.82) is 0 Å². The number of nitrogens with one attached hydrogen (secondary N) is 1. The van der Waals surface area contributed by atoms with Crippen LogP contribution in [0.5, 0.6) is 23.0 Å². The second kappa shape index (κ2) is 13.8. The fraction of sp³-hybridized carbons (Fsp3) is 0.381. The summed E-state index contributed by atoms with van der Waals surface area (Å²) in [6, 6.07) is 25.3. The van der Waals surface area contributed by atoms with E-state index >= 15 is 0 Å². The molecule has 5 aromatic rings. The van der Waals surface area contributed by atoms with Crippen LogP contribution in [0.25, 0.3) is 11.0 Å². The van der Waals surface area contributed by atoms with Gasteiger partial charge in [-0.3, -0.25) is 9.80 Å². The van der Waals surface area contributed by atoms with Gasteiger partial charge in [0.05, 0.1) is 20.4 Å². The molecular formula is C42H47N5O5. The number of fused-ring (bicyclic) bond motifs is 1. The first-order valence-corrected chi connectivity index (χ1v) is 18.2. The zero-order valence-electron chi connectivity index (χ0n) is 30.3. The summed E-state index contributed by atoms with van der Waals surface area (Å²) in [5, 5.41) is 10.8. The van der Waals surface area contributed by atoms with Gasteiger partial charge in [0.25, 0.3) is 0 Å². The zero-order valence-corrected chi connectivity index (χ0v) is 30.3. The molecule has 2 aliphatic heterocycles. The Hall–Kier alpha value is -5.06. The van der Waals surface area contributed by atoms with Gasteiger partial charge < -0.3 is 29.2 Å². The van der Waals surface area contributed by atoms with Crippen molar-refractivity contribution in [3.05, 3.63) is 107 Å². The summed E-state index contributed by atoms with van der Waals surface area (Å²) >= 11 is 0. The molecule has 2 saturated heterocycles. The number of benzene rings is 3. The topological polar surface area (TPSA) is 103 Å². The normalized spacial score (nSPS) is 19.1. The number of H-pyrrole nitrogens is 1. The van der Waals surface area contributed by atoms with E-state index < -0.39 is 5.97 Å². The fourth-order valence-corrected chi connectivity index (χ4v) is 8.74. The van der Waals surface area contributed by atoms with Gasteiger partial charge in [-0.25, -0.2) is 9.78 Å². The minimum absolute atomic E-state index is 0.134. The number of anilines is 1. The molecule has 2 aromatic heterocycles. The van der Waals surface area contributed by atoms with E-state index in [1.165, 1.54) is 29.5 Å². The van der Waals surface area contributed by atoms with Crippen LogP contribution in [-0.2, 0) is 6.54 Å². The van der Waals surface area contributed by atoms with Crippen molar-refractivity contribution in [2.45, 2.75) is 51.2 Å². The number of piperazine rings is 1. The van der Waals surface area contributed by atoms with Gasteiger partial charge in [-0.1, -0.05) is 44.2 Å². The number of pyridine rings is 1. The molecule has 1 saturated carbocycles. The number of aromatic nitrogens is 2. The van der Waals surface area contributed by atoms with E-state index in [1.54, 1.807) is 26.5 Å².